The first-order chi connectivity index (χ1) is 11.4. The van der Waals surface area contributed by atoms with Gasteiger partial charge in [0.1, 0.15) is 5.82 Å². The normalized spacial score (nSPS) is 13.9. The van der Waals surface area contributed by atoms with Crippen molar-refractivity contribution in [3.63, 3.8) is 0 Å². The third-order valence-electron chi connectivity index (χ3n) is 3.78. The molecule has 1 unspecified atom stereocenters. The zero-order chi connectivity index (χ0) is 17.3. The third kappa shape index (κ3) is 3.49. The molecule has 124 valence electrons. The van der Waals surface area contributed by atoms with Crippen LogP contribution in [0.2, 0.25) is 5.02 Å². The number of amides is 3. The number of carbonyl (C=O) groups is 2. The molecule has 1 heterocycles. The Morgan fingerprint density at radius 2 is 2.08 bits per heavy atom. The van der Waals surface area contributed by atoms with Gasteiger partial charge in [0.05, 0.1) is 23.2 Å². The van der Waals surface area contributed by atoms with Crippen molar-refractivity contribution in [2.24, 2.45) is 0 Å². The number of hydrogen-bond acceptors (Lipinski definition) is 2. The topological polar surface area (TPSA) is 70.2 Å². The van der Waals surface area contributed by atoms with Crippen molar-refractivity contribution in [3.8, 4) is 0 Å². The number of halogens is 2. The Balaban J connectivity index is 1.66. The smallest absolute Gasteiger partial charge is 0.319 e. The molecule has 1 aliphatic heterocycles. The quantitative estimate of drug-likeness (QED) is 0.789. The summed E-state index contributed by atoms with van der Waals surface area (Å²) in [6.07, 6.45) is 0.341. The lowest BCUT2D eigenvalue weighted by molar-refractivity contribution is -0.115. The van der Waals surface area contributed by atoms with E-state index in [-0.39, 0.29) is 17.0 Å². The van der Waals surface area contributed by atoms with Crippen molar-refractivity contribution < 1.29 is 14.0 Å². The summed E-state index contributed by atoms with van der Waals surface area (Å²) in [5.74, 6) is -0.507. The summed E-state index contributed by atoms with van der Waals surface area (Å²) in [6, 6.07) is 8.58. The lowest BCUT2D eigenvalue weighted by Crippen LogP contribution is -2.31. The van der Waals surface area contributed by atoms with Gasteiger partial charge in [0.25, 0.3) is 0 Å². The van der Waals surface area contributed by atoms with E-state index in [0.717, 1.165) is 22.9 Å². The fourth-order valence-electron chi connectivity index (χ4n) is 2.55. The maximum absolute atomic E-state index is 13.0. The number of benzene rings is 2. The molecule has 3 amide bonds. The zero-order valence-corrected chi connectivity index (χ0v) is 13.6. The highest BCUT2D eigenvalue weighted by molar-refractivity contribution is 6.33. The van der Waals surface area contributed by atoms with Crippen LogP contribution in [0.5, 0.6) is 0 Å². The van der Waals surface area contributed by atoms with Crippen molar-refractivity contribution in [2.45, 2.75) is 19.4 Å². The monoisotopic (exact) mass is 347 g/mol. The van der Waals surface area contributed by atoms with Crippen LogP contribution >= 0.6 is 11.6 Å². The van der Waals surface area contributed by atoms with Gasteiger partial charge in [-0.3, -0.25) is 4.79 Å². The van der Waals surface area contributed by atoms with E-state index in [2.05, 4.69) is 16.0 Å². The number of anilines is 2. The first-order valence-corrected chi connectivity index (χ1v) is 7.75. The molecule has 0 bridgehead atoms. The predicted molar refractivity (Wildman–Crippen MR) is 90.8 cm³/mol. The van der Waals surface area contributed by atoms with Gasteiger partial charge in [0, 0.05) is 5.69 Å². The van der Waals surface area contributed by atoms with Crippen LogP contribution in [0.4, 0.5) is 20.6 Å². The van der Waals surface area contributed by atoms with Crippen LogP contribution in [-0.4, -0.2) is 11.9 Å². The Kier molecular flexibility index (Phi) is 4.40. The van der Waals surface area contributed by atoms with Crippen molar-refractivity contribution >= 4 is 34.9 Å². The molecule has 0 aliphatic carbocycles. The van der Waals surface area contributed by atoms with E-state index < -0.39 is 11.8 Å². The first kappa shape index (κ1) is 16.3. The van der Waals surface area contributed by atoms with E-state index in [0.29, 0.717) is 12.1 Å². The van der Waals surface area contributed by atoms with Crippen LogP contribution in [0.3, 0.4) is 0 Å². The number of rotatable bonds is 3. The molecule has 24 heavy (non-hydrogen) atoms. The van der Waals surface area contributed by atoms with Gasteiger partial charge >= 0.3 is 6.03 Å². The van der Waals surface area contributed by atoms with E-state index in [1.807, 2.05) is 25.1 Å². The maximum Gasteiger partial charge on any atom is 0.319 e. The molecular weight excluding hydrogens is 333 g/mol. The summed E-state index contributed by atoms with van der Waals surface area (Å²) in [7, 11) is 0. The molecule has 5 nitrogen and oxygen atoms in total. The molecule has 3 N–H and O–H groups in total. The van der Waals surface area contributed by atoms with E-state index >= 15 is 0 Å². The molecule has 2 aromatic rings. The Hall–Kier alpha value is -2.60. The van der Waals surface area contributed by atoms with Crippen LogP contribution in [0.1, 0.15) is 24.1 Å². The highest BCUT2D eigenvalue weighted by Gasteiger charge is 2.19. The van der Waals surface area contributed by atoms with Crippen LogP contribution in [-0.2, 0) is 11.2 Å². The number of urea groups is 1. The molecular formula is C17H15ClFN3O2. The second kappa shape index (κ2) is 6.49. The standard InChI is InChI=1S/C17H15ClFN3O2/c1-9(10-2-4-14-11(6-10)7-16(23)21-14)20-17(24)22-15-5-3-12(19)8-13(15)18/h2-6,8-9H,7H2,1H3,(H,21,23)(H2,20,22,24). The van der Waals surface area contributed by atoms with Gasteiger partial charge in [-0.1, -0.05) is 23.7 Å². The molecule has 1 aliphatic rings. The Morgan fingerprint density at radius 1 is 1.29 bits per heavy atom. The summed E-state index contributed by atoms with van der Waals surface area (Å²) in [5, 5.41) is 8.25. The molecule has 0 spiro atoms. The van der Waals surface area contributed by atoms with Gasteiger partial charge in [-0.2, -0.15) is 0 Å². The van der Waals surface area contributed by atoms with Gasteiger partial charge in [-0.25, -0.2) is 9.18 Å². The van der Waals surface area contributed by atoms with Crippen molar-refractivity contribution in [1.82, 2.24) is 5.32 Å². The summed E-state index contributed by atoms with van der Waals surface area (Å²) in [5.41, 5.74) is 2.92. The molecule has 1 atom stereocenters. The lowest BCUT2D eigenvalue weighted by atomic mass is 10.0. The minimum Gasteiger partial charge on any atom is -0.331 e. The van der Waals surface area contributed by atoms with Gasteiger partial charge < -0.3 is 16.0 Å². The second-order valence-corrected chi connectivity index (χ2v) is 5.99. The van der Waals surface area contributed by atoms with E-state index in [9.17, 15) is 14.0 Å². The molecule has 3 rings (SSSR count). The fraction of sp³-hybridized carbons (Fsp3) is 0.176. The summed E-state index contributed by atoms with van der Waals surface area (Å²) in [4.78, 5) is 23.5. The molecule has 7 heteroatoms. The van der Waals surface area contributed by atoms with Gasteiger partial charge in [0.2, 0.25) is 5.91 Å². The average molecular weight is 348 g/mol. The Labute approximate surface area is 143 Å². The van der Waals surface area contributed by atoms with Crippen LogP contribution in [0.25, 0.3) is 0 Å². The molecule has 0 fully saturated rings. The molecule has 0 saturated heterocycles. The minimum absolute atomic E-state index is 0.0357. The van der Waals surface area contributed by atoms with Crippen LogP contribution in [0, 0.1) is 5.82 Å². The average Bonchev–Trinajstić information content (AvgIpc) is 2.89. The molecule has 2 aromatic carbocycles. The van der Waals surface area contributed by atoms with Crippen LogP contribution < -0.4 is 16.0 Å². The lowest BCUT2D eigenvalue weighted by Gasteiger charge is -2.16. The third-order valence-corrected chi connectivity index (χ3v) is 4.09. The number of carbonyl (C=O) groups excluding carboxylic acids is 2. The second-order valence-electron chi connectivity index (χ2n) is 5.59. The summed E-state index contributed by atoms with van der Waals surface area (Å²) >= 11 is 5.88. The van der Waals surface area contributed by atoms with Gasteiger partial charge in [-0.15, -0.1) is 0 Å². The Morgan fingerprint density at radius 3 is 2.83 bits per heavy atom. The molecule has 0 saturated carbocycles. The van der Waals surface area contributed by atoms with Crippen molar-refractivity contribution in [2.75, 3.05) is 10.6 Å². The van der Waals surface area contributed by atoms with Gasteiger partial charge in [0.15, 0.2) is 0 Å². The van der Waals surface area contributed by atoms with E-state index in [4.69, 9.17) is 11.6 Å². The highest BCUT2D eigenvalue weighted by Crippen LogP contribution is 2.27. The summed E-state index contributed by atoms with van der Waals surface area (Å²) in [6.45, 7) is 1.83. The Bertz CT molecular complexity index is 825. The van der Waals surface area contributed by atoms with E-state index in [1.54, 1.807) is 0 Å². The zero-order valence-electron chi connectivity index (χ0n) is 12.8. The minimum atomic E-state index is -0.472. The first-order valence-electron chi connectivity index (χ1n) is 7.37. The number of nitrogens with one attached hydrogen (secondary N) is 3. The highest BCUT2D eigenvalue weighted by atomic mass is 35.5. The molecule has 0 radical (unpaired) electrons. The van der Waals surface area contributed by atoms with Crippen molar-refractivity contribution in [3.05, 3.63) is 58.4 Å². The van der Waals surface area contributed by atoms with E-state index in [1.165, 1.54) is 12.1 Å². The fourth-order valence-corrected chi connectivity index (χ4v) is 2.76. The molecule has 0 aromatic heterocycles. The summed E-state index contributed by atoms with van der Waals surface area (Å²) < 4.78 is 13.0. The number of hydrogen-bond donors (Lipinski definition) is 3. The maximum atomic E-state index is 13.0. The van der Waals surface area contributed by atoms with Gasteiger partial charge in [-0.05, 0) is 42.3 Å². The SMILES string of the molecule is CC(NC(=O)Nc1ccc(F)cc1Cl)c1ccc2c(c1)CC(=O)N2. The number of fused-ring (bicyclic) bond motifs is 1. The largest absolute Gasteiger partial charge is 0.331 e. The van der Waals surface area contributed by atoms with Crippen molar-refractivity contribution in [1.29, 1.82) is 0 Å². The predicted octanol–water partition coefficient (Wildman–Crippen LogP) is 3.86. The van der Waals surface area contributed by atoms with Crippen LogP contribution in [0.15, 0.2) is 36.4 Å².